The molecule has 3 amide bonds. The van der Waals surface area contributed by atoms with Crippen LogP contribution >= 0.6 is 7.82 Å². The van der Waals surface area contributed by atoms with Crippen molar-refractivity contribution in [3.8, 4) is 0 Å². The van der Waals surface area contributed by atoms with Crippen molar-refractivity contribution in [2.24, 2.45) is 17.8 Å². The van der Waals surface area contributed by atoms with Gasteiger partial charge in [0.15, 0.2) is 11.6 Å². The molecule has 0 bridgehead atoms. The van der Waals surface area contributed by atoms with Crippen molar-refractivity contribution in [3.05, 3.63) is 48.3 Å². The van der Waals surface area contributed by atoms with Crippen LogP contribution in [0.25, 0.3) is 0 Å². The number of carbonyl (C=O) groups excluding carboxylic acids is 6. The number of ketones is 3. The minimum absolute atomic E-state index is 0.0174. The highest BCUT2D eigenvalue weighted by molar-refractivity contribution is 7.46. The lowest BCUT2D eigenvalue weighted by atomic mass is 9.89. The normalized spacial score (nSPS) is 16.7. The van der Waals surface area contributed by atoms with Gasteiger partial charge in [-0.1, -0.05) is 19.9 Å². The largest absolute Gasteiger partial charge is 0.469 e. The van der Waals surface area contributed by atoms with Crippen LogP contribution in [0.5, 0.6) is 0 Å². The molecule has 5 N–H and O–H groups in total. The first kappa shape index (κ1) is 51.1. The maximum absolute atomic E-state index is 14.3. The molecule has 2 aromatic heterocycles. The number of carbonyl (C=O) groups is 6. The third-order valence-corrected chi connectivity index (χ3v) is 11.1. The molecule has 6 atom stereocenters. The number of phosphoric ester groups is 1. The Bertz CT molecular complexity index is 1790. The highest BCUT2D eigenvalue weighted by atomic mass is 31.2. The molecule has 61 heavy (non-hydrogen) atoms. The first-order valence-electron chi connectivity index (χ1n) is 20.7. The summed E-state index contributed by atoms with van der Waals surface area (Å²) in [7, 11) is -3.48. The van der Waals surface area contributed by atoms with E-state index in [9.17, 15) is 48.2 Å². The number of aryl methyl sites for hydroxylation is 2. The molecule has 0 aromatic carbocycles. The van der Waals surface area contributed by atoms with Crippen LogP contribution < -0.4 is 10.6 Å². The van der Waals surface area contributed by atoms with Gasteiger partial charge in [-0.25, -0.2) is 9.55 Å². The van der Waals surface area contributed by atoms with Crippen molar-refractivity contribution in [2.75, 3.05) is 40.1 Å². The number of methoxy groups -OCH3 is 1. The Balaban J connectivity index is 1.84. The lowest BCUT2D eigenvalue weighted by Crippen LogP contribution is -2.52. The third kappa shape index (κ3) is 17.6. The number of amides is 3. The Morgan fingerprint density at radius 1 is 1.00 bits per heavy atom. The Labute approximate surface area is 356 Å². The number of hydrogen-bond donors (Lipinski definition) is 5. The Morgan fingerprint density at radius 2 is 1.74 bits per heavy atom. The van der Waals surface area contributed by atoms with E-state index in [-0.39, 0.29) is 44.1 Å². The fraction of sp³-hybridized carbons (Fsp3) is 0.659. The summed E-state index contributed by atoms with van der Waals surface area (Å²) in [5.74, 6) is -5.86. The molecule has 1 fully saturated rings. The van der Waals surface area contributed by atoms with Gasteiger partial charge >= 0.3 is 7.82 Å². The molecule has 0 spiro atoms. The zero-order valence-corrected chi connectivity index (χ0v) is 36.7. The van der Waals surface area contributed by atoms with Gasteiger partial charge in [-0.3, -0.25) is 38.3 Å². The number of nitrogens with zero attached hydrogens (tertiary/aromatic N) is 4. The predicted octanol–water partition coefficient (Wildman–Crippen LogP) is 1.74. The van der Waals surface area contributed by atoms with Gasteiger partial charge in [0.05, 0.1) is 63.2 Å². The molecule has 3 heterocycles. The van der Waals surface area contributed by atoms with Gasteiger partial charge in [0.2, 0.25) is 17.7 Å². The number of pyridine rings is 1. The van der Waals surface area contributed by atoms with E-state index in [1.807, 2.05) is 36.6 Å². The predicted molar refractivity (Wildman–Crippen MR) is 220 cm³/mol. The van der Waals surface area contributed by atoms with Crippen LogP contribution in [0.1, 0.15) is 84.0 Å². The van der Waals surface area contributed by atoms with Gasteiger partial charge in [0.25, 0.3) is 0 Å². The van der Waals surface area contributed by atoms with Crippen LogP contribution in [-0.4, -0.2) is 134 Å². The summed E-state index contributed by atoms with van der Waals surface area (Å²) in [6, 6.07) is 2.28. The van der Waals surface area contributed by atoms with E-state index < -0.39 is 86.1 Å². The number of ether oxygens (including phenoxy) is 2. The summed E-state index contributed by atoms with van der Waals surface area (Å²) in [5.41, 5.74) is 1.51. The summed E-state index contributed by atoms with van der Waals surface area (Å²) in [6.45, 7) is 7.00. The molecular weight excluding hydrogens is 815 g/mol. The number of phosphoric acid groups is 1. The second kappa shape index (κ2) is 25.6. The van der Waals surface area contributed by atoms with Crippen LogP contribution in [0.3, 0.4) is 0 Å². The summed E-state index contributed by atoms with van der Waals surface area (Å²) < 4.78 is 28.4. The number of Topliss-reactive ketones (excluding diaryl/α,β-unsaturated/α-hetero) is 3. The van der Waals surface area contributed by atoms with Crippen LogP contribution in [0, 0.1) is 17.8 Å². The highest BCUT2D eigenvalue weighted by Crippen LogP contribution is 2.39. The van der Waals surface area contributed by atoms with E-state index in [2.05, 4.69) is 25.1 Å². The molecule has 1 saturated heterocycles. The van der Waals surface area contributed by atoms with Crippen molar-refractivity contribution >= 4 is 42.9 Å². The summed E-state index contributed by atoms with van der Waals surface area (Å²) in [5, 5.41) is 15.7. The number of nitrogens with one attached hydrogen (secondary N) is 2. The van der Waals surface area contributed by atoms with Crippen molar-refractivity contribution in [1.82, 2.24) is 30.1 Å². The smallest absolute Gasteiger partial charge is 0.394 e. The van der Waals surface area contributed by atoms with Crippen LogP contribution in [0.2, 0.25) is 0 Å². The molecule has 1 aliphatic heterocycles. The number of rotatable bonds is 29. The molecule has 340 valence electrons. The molecular formula is C41H63N6O13P. The van der Waals surface area contributed by atoms with Gasteiger partial charge in [0.1, 0.15) is 17.9 Å². The fourth-order valence-electron chi connectivity index (χ4n) is 7.29. The number of hydrogen-bond acceptors (Lipinski definition) is 13. The van der Waals surface area contributed by atoms with Crippen molar-refractivity contribution in [3.63, 3.8) is 0 Å². The van der Waals surface area contributed by atoms with E-state index >= 15 is 0 Å². The molecule has 0 unspecified atom stereocenters. The average molecular weight is 879 g/mol. The summed E-state index contributed by atoms with van der Waals surface area (Å²) in [6.07, 6.45) is 5.17. The molecule has 1 aliphatic rings. The zero-order valence-electron chi connectivity index (χ0n) is 35.8. The number of imidazole rings is 1. The van der Waals surface area contributed by atoms with Crippen LogP contribution in [0.4, 0.5) is 0 Å². The first-order chi connectivity index (χ1) is 28.9. The lowest BCUT2D eigenvalue weighted by Gasteiger charge is -2.28. The van der Waals surface area contributed by atoms with Crippen molar-refractivity contribution in [1.29, 1.82) is 0 Å². The second-order valence-corrected chi connectivity index (χ2v) is 17.0. The van der Waals surface area contributed by atoms with Crippen LogP contribution in [0.15, 0.2) is 36.9 Å². The van der Waals surface area contributed by atoms with E-state index in [0.717, 1.165) is 12.6 Å². The topological polar surface area (TPSA) is 266 Å². The number of likely N-dealkylation sites (tertiary alicyclic amines) is 1. The van der Waals surface area contributed by atoms with Gasteiger partial charge in [-0.2, -0.15) is 0 Å². The molecule has 3 rings (SSSR count). The quantitative estimate of drug-likeness (QED) is 0.0576. The van der Waals surface area contributed by atoms with Crippen molar-refractivity contribution in [2.45, 2.75) is 116 Å². The SMILES string of the molecule is COCCOCCC(=O)N1CCC[C@H]1C(=O)N[C@@H](CC(C)C)C(=O)C[C@@H](Cc1cncn1CCCc1ccccn1)C(=O)N[C@@H](CO)C(=O)C[C@H](C(C)=O)[C@@H](C)OP(=O)(O)O. The summed E-state index contributed by atoms with van der Waals surface area (Å²) in [4.78, 5) is 110. The van der Waals surface area contributed by atoms with Gasteiger partial charge in [0, 0.05) is 63.2 Å². The Morgan fingerprint density at radius 3 is 2.38 bits per heavy atom. The van der Waals surface area contributed by atoms with Crippen LogP contribution in [-0.2, 0) is 66.7 Å². The average Bonchev–Trinajstić information content (AvgIpc) is 3.88. The molecule has 2 aromatic rings. The third-order valence-electron chi connectivity index (χ3n) is 10.5. The first-order valence-corrected chi connectivity index (χ1v) is 22.2. The molecule has 0 aliphatic carbocycles. The lowest BCUT2D eigenvalue weighted by molar-refractivity contribution is -0.140. The Kier molecular flexibility index (Phi) is 21.5. The molecule has 20 heteroatoms. The van der Waals surface area contributed by atoms with E-state index in [1.165, 1.54) is 11.8 Å². The van der Waals surface area contributed by atoms with E-state index in [1.54, 1.807) is 25.8 Å². The molecule has 0 radical (unpaired) electrons. The fourth-order valence-corrected chi connectivity index (χ4v) is 7.87. The van der Waals surface area contributed by atoms with E-state index in [0.29, 0.717) is 57.7 Å². The molecule has 19 nitrogen and oxygen atoms in total. The summed E-state index contributed by atoms with van der Waals surface area (Å²) >= 11 is 0. The standard InChI is InChI=1S/C41H63N6O13P/c1-27(2)20-34(44-41(54)36-12-9-16-47(36)39(52)13-17-59-19-18-58-5)37(50)22-30(21-32-24-42-26-46(32)15-8-11-31-10-6-7-14-43-31)40(53)45-35(25-48)38(51)23-33(28(3)49)29(4)60-61(55,56)57/h6-7,10,14,24,26-27,29-30,33-36,48H,8-9,11-13,15-23,25H2,1-5H3,(H,44,54)(H,45,53)(H2,55,56,57)/t29-,30-,33-,34+,35+,36+/m1/s1. The van der Waals surface area contributed by atoms with Gasteiger partial charge < -0.3 is 44.5 Å². The highest BCUT2D eigenvalue weighted by Gasteiger charge is 2.38. The number of aliphatic hydroxyl groups is 1. The van der Waals surface area contributed by atoms with Crippen molar-refractivity contribution < 1.29 is 62.2 Å². The monoisotopic (exact) mass is 878 g/mol. The zero-order chi connectivity index (χ0) is 45.1. The Hall–Kier alpha value is -4.23. The minimum atomic E-state index is -5.02. The van der Waals surface area contributed by atoms with E-state index in [4.69, 9.17) is 9.47 Å². The number of aliphatic hydroxyl groups excluding tert-OH is 1. The second-order valence-electron chi connectivity index (χ2n) is 15.8. The van der Waals surface area contributed by atoms with Gasteiger partial charge in [-0.05, 0) is 64.0 Å². The number of aromatic nitrogens is 3. The maximum atomic E-state index is 14.3. The minimum Gasteiger partial charge on any atom is -0.394 e. The maximum Gasteiger partial charge on any atom is 0.469 e. The van der Waals surface area contributed by atoms with Gasteiger partial charge in [-0.15, -0.1) is 0 Å². The molecule has 0 saturated carbocycles.